The van der Waals surface area contributed by atoms with Crippen LogP contribution in [0.15, 0.2) is 165 Å². The van der Waals surface area contributed by atoms with Gasteiger partial charge in [-0.2, -0.15) is 0 Å². The number of fused-ring (bicyclic) bond motifs is 7. The Hall–Kier alpha value is -6.53. The summed E-state index contributed by atoms with van der Waals surface area (Å²) in [4.78, 5) is 15.2. The summed E-state index contributed by atoms with van der Waals surface area (Å²) >= 11 is 0. The van der Waals surface area contributed by atoms with Gasteiger partial charge in [-0.25, -0.2) is 9.98 Å². The highest BCUT2D eigenvalue weighted by atomic mass is 16.3. The van der Waals surface area contributed by atoms with E-state index in [0.29, 0.717) is 11.4 Å². The summed E-state index contributed by atoms with van der Waals surface area (Å²) in [7, 11) is 0. The quantitative estimate of drug-likeness (QED) is 0.213. The van der Waals surface area contributed by atoms with E-state index in [9.17, 15) is 0 Å². The van der Waals surface area contributed by atoms with Crippen LogP contribution in [0.5, 0.6) is 0 Å². The first-order valence-corrected chi connectivity index (χ1v) is 16.0. The minimum absolute atomic E-state index is 0.323. The van der Waals surface area contributed by atoms with Gasteiger partial charge in [0, 0.05) is 44.4 Å². The summed E-state index contributed by atoms with van der Waals surface area (Å²) in [5.74, 6) is 1.40. The number of pyridine rings is 1. The molecule has 6 nitrogen and oxygen atoms in total. The lowest BCUT2D eigenvalue weighted by Gasteiger charge is -2.24. The van der Waals surface area contributed by atoms with E-state index in [0.717, 1.165) is 77.5 Å². The van der Waals surface area contributed by atoms with E-state index in [-0.39, 0.29) is 6.17 Å². The normalized spacial score (nSPS) is 14.9. The van der Waals surface area contributed by atoms with Crippen molar-refractivity contribution in [2.24, 2.45) is 9.98 Å². The molecule has 10 rings (SSSR count). The summed E-state index contributed by atoms with van der Waals surface area (Å²) < 4.78 is 13.0. The first-order valence-electron chi connectivity index (χ1n) is 16.0. The van der Waals surface area contributed by atoms with E-state index in [1.807, 2.05) is 72.9 Å². The van der Waals surface area contributed by atoms with E-state index in [2.05, 4.69) is 78.1 Å². The van der Waals surface area contributed by atoms with Crippen molar-refractivity contribution in [2.75, 3.05) is 0 Å². The molecule has 4 heterocycles. The minimum atomic E-state index is -0.323. The molecule has 0 saturated heterocycles. The fourth-order valence-electron chi connectivity index (χ4n) is 6.92. The number of nitrogens with zero attached hydrogens (tertiary/aromatic N) is 3. The van der Waals surface area contributed by atoms with Gasteiger partial charge in [0.25, 0.3) is 0 Å². The van der Waals surface area contributed by atoms with E-state index in [4.69, 9.17) is 23.8 Å². The van der Waals surface area contributed by atoms with Gasteiger partial charge in [0.15, 0.2) is 11.4 Å². The highest BCUT2D eigenvalue weighted by Crippen LogP contribution is 2.41. The van der Waals surface area contributed by atoms with Crippen molar-refractivity contribution in [3.05, 3.63) is 162 Å². The summed E-state index contributed by atoms with van der Waals surface area (Å²) in [5.41, 5.74) is 7.63. The summed E-state index contributed by atoms with van der Waals surface area (Å²) in [6.45, 7) is 0. The second kappa shape index (κ2) is 10.5. The second-order valence-corrected chi connectivity index (χ2v) is 12.0. The highest BCUT2D eigenvalue weighted by molar-refractivity contribution is 6.23. The molecule has 48 heavy (non-hydrogen) atoms. The molecule has 0 bridgehead atoms. The summed E-state index contributed by atoms with van der Waals surface area (Å²) in [5, 5.41) is 9.96. The van der Waals surface area contributed by atoms with Crippen LogP contribution in [-0.2, 0) is 0 Å². The van der Waals surface area contributed by atoms with Crippen LogP contribution in [0.2, 0.25) is 0 Å². The third-order valence-corrected chi connectivity index (χ3v) is 9.19. The number of amidine groups is 2. The number of benzene rings is 6. The Morgan fingerprint density at radius 2 is 1.31 bits per heavy atom. The Balaban J connectivity index is 1.18. The minimum Gasteiger partial charge on any atom is -0.455 e. The predicted molar refractivity (Wildman–Crippen MR) is 194 cm³/mol. The maximum absolute atomic E-state index is 6.64. The van der Waals surface area contributed by atoms with Crippen molar-refractivity contribution in [1.29, 1.82) is 0 Å². The number of furan rings is 2. The van der Waals surface area contributed by atoms with Crippen LogP contribution >= 0.6 is 0 Å². The lowest BCUT2D eigenvalue weighted by Crippen LogP contribution is -2.33. The standard InChI is InChI=1S/C42H26N4O2/c1-2-11-26(12-3-1)40-44-41(28-21-20-25-10-4-5-13-27(25)24-28)46-42(45-40)32-16-9-19-35-36(32)31-22-23-43-37(39(31)48-35)33-17-8-15-30-29-14-6-7-18-34(29)47-38(30)33/h1-24,40H,(H,44,45,46). The number of hydrogen-bond acceptors (Lipinski definition) is 6. The first-order chi connectivity index (χ1) is 23.8. The Kier molecular flexibility index (Phi) is 5.84. The smallest absolute Gasteiger partial charge is 0.161 e. The molecular formula is C42H26N4O2. The van der Waals surface area contributed by atoms with Crippen LogP contribution in [0.4, 0.5) is 0 Å². The van der Waals surface area contributed by atoms with Gasteiger partial charge >= 0.3 is 0 Å². The molecule has 0 aliphatic carbocycles. The number of rotatable bonds is 4. The third kappa shape index (κ3) is 4.16. The van der Waals surface area contributed by atoms with Crippen LogP contribution in [-0.4, -0.2) is 16.7 Å². The molecule has 3 aromatic heterocycles. The average molecular weight is 619 g/mol. The molecule has 1 aliphatic heterocycles. The number of nitrogens with one attached hydrogen (secondary N) is 1. The maximum Gasteiger partial charge on any atom is 0.161 e. The van der Waals surface area contributed by atoms with E-state index < -0.39 is 0 Å². The third-order valence-electron chi connectivity index (χ3n) is 9.19. The fourth-order valence-corrected chi connectivity index (χ4v) is 6.92. The molecule has 1 atom stereocenters. The molecule has 1 unspecified atom stereocenters. The number of aliphatic imine (C=N–C) groups is 2. The van der Waals surface area contributed by atoms with Gasteiger partial charge in [-0.15, -0.1) is 0 Å². The molecule has 1 aliphatic rings. The van der Waals surface area contributed by atoms with Gasteiger partial charge in [-0.05, 0) is 46.7 Å². The SMILES string of the molecule is c1ccc(C2N=C(c3cccc4oc5c(-c6cccc7c6oc6ccccc67)nccc5c34)N=C(c3ccc4ccccc4c3)N2)cc1. The molecule has 6 aromatic carbocycles. The van der Waals surface area contributed by atoms with Crippen molar-refractivity contribution >= 4 is 66.3 Å². The van der Waals surface area contributed by atoms with Crippen molar-refractivity contribution in [3.63, 3.8) is 0 Å². The predicted octanol–water partition coefficient (Wildman–Crippen LogP) is 10.2. The number of aromatic nitrogens is 1. The summed E-state index contributed by atoms with van der Waals surface area (Å²) in [6, 6.07) is 47.4. The van der Waals surface area contributed by atoms with Crippen molar-refractivity contribution in [2.45, 2.75) is 6.17 Å². The van der Waals surface area contributed by atoms with Crippen LogP contribution < -0.4 is 5.32 Å². The average Bonchev–Trinajstić information content (AvgIpc) is 3.74. The number of hydrogen-bond donors (Lipinski definition) is 1. The van der Waals surface area contributed by atoms with Gasteiger partial charge in [0.1, 0.15) is 34.4 Å². The van der Waals surface area contributed by atoms with Gasteiger partial charge in [0.2, 0.25) is 0 Å². The zero-order valence-corrected chi connectivity index (χ0v) is 25.6. The largest absolute Gasteiger partial charge is 0.455 e. The molecule has 9 aromatic rings. The van der Waals surface area contributed by atoms with Crippen LogP contribution in [0.3, 0.4) is 0 Å². The number of para-hydroxylation sites is 2. The van der Waals surface area contributed by atoms with E-state index >= 15 is 0 Å². The molecular weight excluding hydrogens is 592 g/mol. The fraction of sp³-hybridized carbons (Fsp3) is 0.0238. The zero-order chi connectivity index (χ0) is 31.6. The zero-order valence-electron chi connectivity index (χ0n) is 25.6. The molecule has 0 saturated carbocycles. The van der Waals surface area contributed by atoms with Gasteiger partial charge in [-0.1, -0.05) is 109 Å². The van der Waals surface area contributed by atoms with Gasteiger partial charge in [0.05, 0.1) is 0 Å². The van der Waals surface area contributed by atoms with Crippen LogP contribution in [0.1, 0.15) is 22.9 Å². The van der Waals surface area contributed by atoms with Crippen LogP contribution in [0, 0.1) is 0 Å². The lowest BCUT2D eigenvalue weighted by molar-refractivity contribution is 0.663. The monoisotopic (exact) mass is 618 g/mol. The Labute approximate surface area is 274 Å². The van der Waals surface area contributed by atoms with Crippen LogP contribution in [0.25, 0.3) is 65.9 Å². The van der Waals surface area contributed by atoms with Gasteiger partial charge < -0.3 is 14.2 Å². The van der Waals surface area contributed by atoms with E-state index in [1.165, 1.54) is 5.39 Å². The molecule has 0 spiro atoms. The maximum atomic E-state index is 6.64. The Bertz CT molecular complexity index is 2770. The summed E-state index contributed by atoms with van der Waals surface area (Å²) in [6.07, 6.45) is 1.52. The first kappa shape index (κ1) is 26.7. The molecule has 226 valence electrons. The van der Waals surface area contributed by atoms with E-state index in [1.54, 1.807) is 0 Å². The lowest BCUT2D eigenvalue weighted by atomic mass is 10.0. The van der Waals surface area contributed by atoms with Crippen molar-refractivity contribution < 1.29 is 8.83 Å². The second-order valence-electron chi connectivity index (χ2n) is 12.0. The van der Waals surface area contributed by atoms with Crippen molar-refractivity contribution in [1.82, 2.24) is 10.3 Å². The molecule has 0 fully saturated rings. The Morgan fingerprint density at radius 1 is 0.562 bits per heavy atom. The molecule has 6 heteroatoms. The van der Waals surface area contributed by atoms with Crippen molar-refractivity contribution in [3.8, 4) is 11.3 Å². The molecule has 0 amide bonds. The molecule has 1 N–H and O–H groups in total. The molecule has 0 radical (unpaired) electrons. The topological polar surface area (TPSA) is 75.9 Å². The highest BCUT2D eigenvalue weighted by Gasteiger charge is 2.25. The Morgan fingerprint density at radius 3 is 2.25 bits per heavy atom. The van der Waals surface area contributed by atoms with Gasteiger partial charge in [-0.3, -0.25) is 4.98 Å².